The zero-order valence-corrected chi connectivity index (χ0v) is 13.9. The average molecular weight is 362 g/mol. The summed E-state index contributed by atoms with van der Waals surface area (Å²) in [4.78, 5) is 20.8. The molecule has 0 fully saturated rings. The van der Waals surface area contributed by atoms with Gasteiger partial charge in [0.15, 0.2) is 0 Å². The highest BCUT2D eigenvalue weighted by molar-refractivity contribution is 5.73. The van der Waals surface area contributed by atoms with Gasteiger partial charge in [-0.3, -0.25) is 9.59 Å². The van der Waals surface area contributed by atoms with Crippen LogP contribution in [0.4, 0.5) is 0 Å². The molecule has 8 heteroatoms. The number of hydrogen-bond donors (Lipinski definition) is 6. The lowest BCUT2D eigenvalue weighted by molar-refractivity contribution is -0.139. The maximum atomic E-state index is 10.4. The molecule has 2 atom stereocenters. The van der Waals surface area contributed by atoms with Gasteiger partial charge in [-0.2, -0.15) is 0 Å². The molecule has 0 aromatic heterocycles. The summed E-state index contributed by atoms with van der Waals surface area (Å²) in [5.41, 5.74) is 12.1. The second kappa shape index (κ2) is 10.0. The Kier molecular flexibility index (Phi) is 8.07. The largest absolute Gasteiger partial charge is 0.508 e. The number of hydrogen-bond acceptors (Lipinski definition) is 6. The number of phenolic OH excluding ortho intramolecular Hbond substituents is 2. The minimum absolute atomic E-state index is 0.120. The smallest absolute Gasteiger partial charge is 0.320 e. The highest BCUT2D eigenvalue weighted by Crippen LogP contribution is 2.12. The third kappa shape index (κ3) is 7.65. The first-order valence-corrected chi connectivity index (χ1v) is 7.71. The van der Waals surface area contributed by atoms with Gasteiger partial charge in [-0.25, -0.2) is 0 Å². The molecule has 8 N–H and O–H groups in total. The number of benzene rings is 2. The predicted molar refractivity (Wildman–Crippen MR) is 94.8 cm³/mol. The van der Waals surface area contributed by atoms with Crippen molar-refractivity contribution in [2.75, 3.05) is 0 Å². The van der Waals surface area contributed by atoms with Gasteiger partial charge >= 0.3 is 11.9 Å². The SMILES string of the molecule is N[C@@H](Cc1cccc(O)c1)C(=O)O.N[C@@H](Cc1cccc(O)c1)C(=O)O. The Morgan fingerprint density at radius 3 is 1.38 bits per heavy atom. The molecule has 0 saturated heterocycles. The Morgan fingerprint density at radius 2 is 1.12 bits per heavy atom. The van der Waals surface area contributed by atoms with Crippen molar-refractivity contribution >= 4 is 11.9 Å². The summed E-state index contributed by atoms with van der Waals surface area (Å²) in [5.74, 6) is -1.84. The predicted octanol–water partition coefficient (Wildman–Crippen LogP) is 0.693. The van der Waals surface area contributed by atoms with Gasteiger partial charge in [-0.05, 0) is 48.2 Å². The molecule has 140 valence electrons. The number of nitrogens with two attached hydrogens (primary N) is 2. The molecule has 0 bridgehead atoms. The van der Waals surface area contributed by atoms with Crippen molar-refractivity contribution in [3.8, 4) is 11.5 Å². The standard InChI is InChI=1S/2C9H11NO3/c2*10-8(9(12)13)5-6-2-1-3-7(11)4-6/h2*1-4,8,11H,5,10H2,(H,12,13)/t2*8-/m00/s1. The Bertz CT molecular complexity index is 686. The van der Waals surface area contributed by atoms with E-state index >= 15 is 0 Å². The first-order valence-electron chi connectivity index (χ1n) is 7.71. The van der Waals surface area contributed by atoms with Gasteiger partial charge in [0.2, 0.25) is 0 Å². The van der Waals surface area contributed by atoms with Gasteiger partial charge in [0.1, 0.15) is 23.6 Å². The second-order valence-electron chi connectivity index (χ2n) is 5.64. The Balaban J connectivity index is 0.000000260. The zero-order valence-electron chi connectivity index (χ0n) is 13.9. The third-order valence-corrected chi connectivity index (χ3v) is 3.37. The van der Waals surface area contributed by atoms with Crippen LogP contribution in [0.1, 0.15) is 11.1 Å². The summed E-state index contributed by atoms with van der Waals surface area (Å²) in [6.07, 6.45) is 0.452. The maximum absolute atomic E-state index is 10.4. The van der Waals surface area contributed by atoms with E-state index in [-0.39, 0.29) is 24.3 Å². The number of carbonyl (C=O) groups is 2. The minimum Gasteiger partial charge on any atom is -0.508 e. The van der Waals surface area contributed by atoms with Crippen LogP contribution >= 0.6 is 0 Å². The fourth-order valence-corrected chi connectivity index (χ4v) is 2.05. The lowest BCUT2D eigenvalue weighted by Crippen LogP contribution is -2.32. The van der Waals surface area contributed by atoms with Crippen LogP contribution in [0.3, 0.4) is 0 Å². The molecule has 0 heterocycles. The van der Waals surface area contributed by atoms with E-state index in [4.69, 9.17) is 31.9 Å². The molecular weight excluding hydrogens is 340 g/mol. The lowest BCUT2D eigenvalue weighted by Gasteiger charge is -2.05. The molecule has 26 heavy (non-hydrogen) atoms. The van der Waals surface area contributed by atoms with Crippen LogP contribution in [0.15, 0.2) is 48.5 Å². The number of phenols is 2. The van der Waals surface area contributed by atoms with Crippen LogP contribution in [0.2, 0.25) is 0 Å². The van der Waals surface area contributed by atoms with Crippen molar-refractivity contribution in [3.63, 3.8) is 0 Å². The number of carboxylic acid groups (broad SMARTS) is 2. The number of aromatic hydroxyl groups is 2. The second-order valence-corrected chi connectivity index (χ2v) is 5.64. The molecule has 2 rings (SSSR count). The van der Waals surface area contributed by atoms with Crippen LogP contribution in [-0.4, -0.2) is 44.4 Å². The van der Waals surface area contributed by atoms with E-state index in [1.807, 2.05) is 0 Å². The molecule has 0 spiro atoms. The van der Waals surface area contributed by atoms with Crippen LogP contribution in [0.5, 0.6) is 11.5 Å². The molecule has 8 nitrogen and oxygen atoms in total. The Hall–Kier alpha value is -3.10. The van der Waals surface area contributed by atoms with Crippen molar-refractivity contribution in [1.29, 1.82) is 0 Å². The normalized spacial score (nSPS) is 12.4. The summed E-state index contributed by atoms with van der Waals surface area (Å²) >= 11 is 0. The summed E-state index contributed by atoms with van der Waals surface area (Å²) in [7, 11) is 0. The number of aliphatic carboxylic acids is 2. The van der Waals surface area contributed by atoms with Crippen LogP contribution in [-0.2, 0) is 22.4 Å². The van der Waals surface area contributed by atoms with Gasteiger partial charge < -0.3 is 31.9 Å². The summed E-state index contributed by atoms with van der Waals surface area (Å²) in [6.45, 7) is 0. The van der Waals surface area contributed by atoms with Crippen LogP contribution in [0, 0.1) is 0 Å². The van der Waals surface area contributed by atoms with Crippen molar-refractivity contribution < 1.29 is 30.0 Å². The third-order valence-electron chi connectivity index (χ3n) is 3.37. The van der Waals surface area contributed by atoms with E-state index in [1.165, 1.54) is 24.3 Å². The van der Waals surface area contributed by atoms with Crippen molar-refractivity contribution in [3.05, 3.63) is 59.7 Å². The highest BCUT2D eigenvalue weighted by Gasteiger charge is 2.12. The fourth-order valence-electron chi connectivity index (χ4n) is 2.05. The van der Waals surface area contributed by atoms with E-state index in [1.54, 1.807) is 24.3 Å². The Morgan fingerprint density at radius 1 is 0.769 bits per heavy atom. The summed E-state index contributed by atoms with van der Waals surface area (Å²) in [5, 5.41) is 35.2. The highest BCUT2D eigenvalue weighted by atomic mass is 16.4. The summed E-state index contributed by atoms with van der Waals surface area (Å²) < 4.78 is 0. The van der Waals surface area contributed by atoms with Gasteiger partial charge in [-0.15, -0.1) is 0 Å². The Labute approximate surface area is 150 Å². The molecule has 0 amide bonds. The molecule has 0 aliphatic rings. The first kappa shape index (κ1) is 20.9. The number of rotatable bonds is 6. The van der Waals surface area contributed by atoms with Crippen molar-refractivity contribution in [2.24, 2.45) is 11.5 Å². The molecular formula is C18H22N2O6. The monoisotopic (exact) mass is 362 g/mol. The van der Waals surface area contributed by atoms with E-state index in [0.717, 1.165) is 11.1 Å². The minimum atomic E-state index is -1.04. The molecule has 0 aliphatic carbocycles. The van der Waals surface area contributed by atoms with E-state index in [2.05, 4.69) is 0 Å². The van der Waals surface area contributed by atoms with Gasteiger partial charge in [0.25, 0.3) is 0 Å². The van der Waals surface area contributed by atoms with Crippen LogP contribution < -0.4 is 11.5 Å². The van der Waals surface area contributed by atoms with Gasteiger partial charge in [0, 0.05) is 0 Å². The van der Waals surface area contributed by atoms with Crippen molar-refractivity contribution in [1.82, 2.24) is 0 Å². The molecule has 0 saturated carbocycles. The molecule has 0 radical (unpaired) electrons. The van der Waals surface area contributed by atoms with Gasteiger partial charge in [0.05, 0.1) is 0 Å². The zero-order chi connectivity index (χ0) is 19.7. The summed E-state index contributed by atoms with van der Waals surface area (Å²) in [6, 6.07) is 11.0. The fraction of sp³-hybridized carbons (Fsp3) is 0.222. The molecule has 0 aliphatic heterocycles. The van der Waals surface area contributed by atoms with E-state index < -0.39 is 24.0 Å². The first-order chi connectivity index (χ1) is 12.2. The van der Waals surface area contributed by atoms with Crippen LogP contribution in [0.25, 0.3) is 0 Å². The molecule has 2 aromatic rings. The quantitative estimate of drug-likeness (QED) is 0.436. The average Bonchev–Trinajstić information content (AvgIpc) is 2.55. The molecule has 2 aromatic carbocycles. The van der Waals surface area contributed by atoms with Gasteiger partial charge in [-0.1, -0.05) is 24.3 Å². The lowest BCUT2D eigenvalue weighted by atomic mass is 10.1. The molecule has 0 unspecified atom stereocenters. The van der Waals surface area contributed by atoms with Crippen molar-refractivity contribution in [2.45, 2.75) is 24.9 Å². The van der Waals surface area contributed by atoms with E-state index in [9.17, 15) is 9.59 Å². The van der Waals surface area contributed by atoms with E-state index in [0.29, 0.717) is 0 Å². The maximum Gasteiger partial charge on any atom is 0.320 e. The topological polar surface area (TPSA) is 167 Å². The number of carboxylic acids is 2.